The molecule has 0 aromatic heterocycles. The number of carbonyl (C=O) groups is 1. The summed E-state index contributed by atoms with van der Waals surface area (Å²) >= 11 is 0. The SMILES string of the molecule is CN(CCC(=O)O)S(=O)(=O)c1ccc(C#N)cc1. The van der Waals surface area contributed by atoms with E-state index >= 15 is 0 Å². The molecule has 0 bridgehead atoms. The smallest absolute Gasteiger partial charge is 0.304 e. The molecule has 0 saturated carbocycles. The molecule has 0 spiro atoms. The molecule has 0 heterocycles. The summed E-state index contributed by atoms with van der Waals surface area (Å²) in [7, 11) is -2.38. The molecule has 0 aliphatic rings. The largest absolute Gasteiger partial charge is 0.481 e. The second-order valence-corrected chi connectivity index (χ2v) is 5.65. The first-order valence-electron chi connectivity index (χ1n) is 5.06. The van der Waals surface area contributed by atoms with Crippen molar-refractivity contribution < 1.29 is 18.3 Å². The van der Waals surface area contributed by atoms with Crippen molar-refractivity contribution in [1.29, 1.82) is 5.26 Å². The fourth-order valence-corrected chi connectivity index (χ4v) is 2.43. The fraction of sp³-hybridized carbons (Fsp3) is 0.273. The van der Waals surface area contributed by atoms with Gasteiger partial charge in [0.1, 0.15) is 0 Å². The number of hydrogen-bond donors (Lipinski definition) is 1. The van der Waals surface area contributed by atoms with Crippen molar-refractivity contribution in [3.63, 3.8) is 0 Å². The predicted octanol–water partition coefficient (Wildman–Crippen LogP) is 0.653. The summed E-state index contributed by atoms with van der Waals surface area (Å²) in [6.45, 7) is -0.0995. The summed E-state index contributed by atoms with van der Waals surface area (Å²) in [4.78, 5) is 10.4. The van der Waals surface area contributed by atoms with Gasteiger partial charge in [0.2, 0.25) is 10.0 Å². The molecule has 1 aromatic rings. The highest BCUT2D eigenvalue weighted by Gasteiger charge is 2.20. The van der Waals surface area contributed by atoms with E-state index in [-0.39, 0.29) is 17.9 Å². The summed E-state index contributed by atoms with van der Waals surface area (Å²) in [6, 6.07) is 7.34. The van der Waals surface area contributed by atoms with Gasteiger partial charge in [0.05, 0.1) is 22.9 Å². The minimum Gasteiger partial charge on any atom is -0.481 e. The lowest BCUT2D eigenvalue weighted by Crippen LogP contribution is -2.29. The van der Waals surface area contributed by atoms with Crippen LogP contribution in [-0.2, 0) is 14.8 Å². The lowest BCUT2D eigenvalue weighted by Gasteiger charge is -2.15. The Labute approximate surface area is 105 Å². The molecule has 0 saturated heterocycles. The zero-order valence-corrected chi connectivity index (χ0v) is 10.5. The lowest BCUT2D eigenvalue weighted by atomic mass is 10.2. The number of benzene rings is 1. The summed E-state index contributed by atoms with van der Waals surface area (Å²) in [5.41, 5.74) is 0.363. The van der Waals surface area contributed by atoms with Crippen LogP contribution in [0.25, 0.3) is 0 Å². The Morgan fingerprint density at radius 1 is 1.39 bits per heavy atom. The molecule has 0 radical (unpaired) electrons. The molecule has 0 unspecified atom stereocenters. The molecule has 1 N–H and O–H groups in total. The minimum absolute atomic E-state index is 0.0365. The van der Waals surface area contributed by atoms with E-state index in [1.165, 1.54) is 31.3 Å². The predicted molar refractivity (Wildman–Crippen MR) is 63.2 cm³/mol. The molecule has 0 atom stereocenters. The van der Waals surface area contributed by atoms with Gasteiger partial charge in [-0.1, -0.05) is 0 Å². The van der Waals surface area contributed by atoms with Crippen molar-refractivity contribution in [2.75, 3.05) is 13.6 Å². The molecular formula is C11H12N2O4S. The van der Waals surface area contributed by atoms with Gasteiger partial charge in [0.25, 0.3) is 0 Å². The van der Waals surface area contributed by atoms with Gasteiger partial charge >= 0.3 is 5.97 Å². The summed E-state index contributed by atoms with van der Waals surface area (Å²) < 4.78 is 25.0. The van der Waals surface area contributed by atoms with Crippen LogP contribution >= 0.6 is 0 Å². The third-order valence-electron chi connectivity index (χ3n) is 2.33. The average molecular weight is 268 g/mol. The zero-order valence-electron chi connectivity index (χ0n) is 9.70. The Hall–Kier alpha value is -1.91. The maximum atomic E-state index is 12.0. The van der Waals surface area contributed by atoms with E-state index < -0.39 is 16.0 Å². The van der Waals surface area contributed by atoms with Crippen LogP contribution in [0.5, 0.6) is 0 Å². The second kappa shape index (κ2) is 5.62. The second-order valence-electron chi connectivity index (χ2n) is 3.61. The standard InChI is InChI=1S/C11H12N2O4S/c1-13(7-6-11(14)15)18(16,17)10-4-2-9(8-12)3-5-10/h2-5H,6-7H2,1H3,(H,14,15). The van der Waals surface area contributed by atoms with Crippen LogP contribution in [0.1, 0.15) is 12.0 Å². The first-order valence-corrected chi connectivity index (χ1v) is 6.50. The maximum Gasteiger partial charge on any atom is 0.304 e. The molecule has 0 aliphatic heterocycles. The van der Waals surface area contributed by atoms with Crippen LogP contribution in [0.3, 0.4) is 0 Å². The monoisotopic (exact) mass is 268 g/mol. The number of sulfonamides is 1. The number of nitriles is 1. The fourth-order valence-electron chi connectivity index (χ4n) is 1.25. The number of hydrogen-bond acceptors (Lipinski definition) is 4. The van der Waals surface area contributed by atoms with Gasteiger partial charge in [-0.15, -0.1) is 0 Å². The van der Waals surface area contributed by atoms with Crippen molar-refractivity contribution in [1.82, 2.24) is 4.31 Å². The summed E-state index contributed by atoms with van der Waals surface area (Å²) in [6.07, 6.45) is -0.258. The zero-order chi connectivity index (χ0) is 13.8. The molecule has 96 valence electrons. The average Bonchev–Trinajstić information content (AvgIpc) is 2.35. The van der Waals surface area contributed by atoms with Crippen LogP contribution in [0, 0.1) is 11.3 Å². The van der Waals surface area contributed by atoms with Crippen molar-refractivity contribution in [2.45, 2.75) is 11.3 Å². The van der Waals surface area contributed by atoms with Gasteiger partial charge in [-0.25, -0.2) is 12.7 Å². The van der Waals surface area contributed by atoms with Gasteiger partial charge in [-0.3, -0.25) is 4.79 Å². The molecule has 1 aromatic carbocycles. The first kappa shape index (κ1) is 14.2. The minimum atomic E-state index is -3.70. The van der Waals surface area contributed by atoms with E-state index in [2.05, 4.69) is 0 Å². The van der Waals surface area contributed by atoms with Crippen LogP contribution in [0.2, 0.25) is 0 Å². The van der Waals surface area contributed by atoms with E-state index in [1.54, 1.807) is 0 Å². The normalized spacial score (nSPS) is 11.2. The van der Waals surface area contributed by atoms with Crippen molar-refractivity contribution in [2.24, 2.45) is 0 Å². The molecule has 0 fully saturated rings. The Bertz CT molecular complexity index is 572. The molecule has 18 heavy (non-hydrogen) atoms. The molecule has 0 aliphatic carbocycles. The molecule has 6 nitrogen and oxygen atoms in total. The maximum absolute atomic E-state index is 12.0. The Morgan fingerprint density at radius 2 is 1.94 bits per heavy atom. The highest BCUT2D eigenvalue weighted by molar-refractivity contribution is 7.89. The number of carboxylic acid groups (broad SMARTS) is 1. The van der Waals surface area contributed by atoms with Crippen LogP contribution in [-0.4, -0.2) is 37.4 Å². The van der Waals surface area contributed by atoms with E-state index in [4.69, 9.17) is 10.4 Å². The summed E-state index contributed by atoms with van der Waals surface area (Å²) in [5, 5.41) is 17.1. The van der Waals surface area contributed by atoms with E-state index in [0.717, 1.165) is 4.31 Å². The third-order valence-corrected chi connectivity index (χ3v) is 4.20. The van der Waals surface area contributed by atoms with Crippen molar-refractivity contribution in [3.8, 4) is 6.07 Å². The van der Waals surface area contributed by atoms with E-state index in [1.807, 2.05) is 6.07 Å². The van der Waals surface area contributed by atoms with E-state index in [9.17, 15) is 13.2 Å². The van der Waals surface area contributed by atoms with Gasteiger partial charge < -0.3 is 5.11 Å². The highest BCUT2D eigenvalue weighted by Crippen LogP contribution is 2.15. The van der Waals surface area contributed by atoms with Crippen LogP contribution in [0.15, 0.2) is 29.2 Å². The van der Waals surface area contributed by atoms with Gasteiger partial charge in [-0.05, 0) is 24.3 Å². The van der Waals surface area contributed by atoms with Crippen molar-refractivity contribution >= 4 is 16.0 Å². The van der Waals surface area contributed by atoms with Gasteiger partial charge in [0.15, 0.2) is 0 Å². The summed E-state index contributed by atoms with van der Waals surface area (Å²) in [5.74, 6) is -1.06. The quantitative estimate of drug-likeness (QED) is 0.845. The molecule has 7 heteroatoms. The Morgan fingerprint density at radius 3 is 2.39 bits per heavy atom. The number of rotatable bonds is 5. The Balaban J connectivity index is 2.91. The van der Waals surface area contributed by atoms with Crippen LogP contribution < -0.4 is 0 Å². The van der Waals surface area contributed by atoms with E-state index in [0.29, 0.717) is 5.56 Å². The van der Waals surface area contributed by atoms with Gasteiger partial charge in [0, 0.05) is 13.6 Å². The van der Waals surface area contributed by atoms with Gasteiger partial charge in [-0.2, -0.15) is 5.26 Å². The third kappa shape index (κ3) is 3.29. The first-order chi connectivity index (χ1) is 8.37. The Kier molecular flexibility index (Phi) is 4.42. The molecule has 0 amide bonds. The van der Waals surface area contributed by atoms with Crippen LogP contribution in [0.4, 0.5) is 0 Å². The lowest BCUT2D eigenvalue weighted by molar-refractivity contribution is -0.137. The number of aliphatic carboxylic acids is 1. The topological polar surface area (TPSA) is 98.5 Å². The number of carboxylic acids is 1. The highest BCUT2D eigenvalue weighted by atomic mass is 32.2. The number of nitrogens with zero attached hydrogens (tertiary/aromatic N) is 2. The van der Waals surface area contributed by atoms with Crippen molar-refractivity contribution in [3.05, 3.63) is 29.8 Å². The molecule has 1 rings (SSSR count). The molecular weight excluding hydrogens is 256 g/mol.